The van der Waals surface area contributed by atoms with Gasteiger partial charge in [-0.05, 0) is 18.2 Å². The Kier molecular flexibility index (Phi) is 5.52. The number of aliphatic hydroxyl groups is 1. The molecule has 5 unspecified atom stereocenters. The highest BCUT2D eigenvalue weighted by atomic mass is 16.5. The lowest BCUT2D eigenvalue weighted by Crippen LogP contribution is -2.53. The maximum absolute atomic E-state index is 13.3. The molecule has 5 aliphatic rings. The Bertz CT molecular complexity index is 1120. The number of likely N-dealkylation sites (tertiary alicyclic amines) is 1. The smallest absolute Gasteiger partial charge is 0.253 e. The van der Waals surface area contributed by atoms with Crippen LogP contribution in [0.3, 0.4) is 0 Å². The first-order chi connectivity index (χ1) is 17.0. The van der Waals surface area contributed by atoms with Gasteiger partial charge in [0.1, 0.15) is 23.4 Å². The number of ether oxygens (including phenoxy) is 2. The number of aliphatic imine (C=N–C) groups is 1. The second kappa shape index (κ2) is 8.59. The van der Waals surface area contributed by atoms with Gasteiger partial charge in [-0.3, -0.25) is 24.8 Å². The third-order valence-electron chi connectivity index (χ3n) is 7.50. The van der Waals surface area contributed by atoms with Gasteiger partial charge in [0, 0.05) is 43.8 Å². The van der Waals surface area contributed by atoms with Crippen LogP contribution in [-0.4, -0.2) is 85.8 Å². The summed E-state index contributed by atoms with van der Waals surface area (Å²) >= 11 is 0. The highest BCUT2D eigenvalue weighted by molar-refractivity contribution is 5.91. The molecular formula is C24H29N5O6. The Labute approximate surface area is 202 Å². The molecule has 2 amide bonds. The highest BCUT2D eigenvalue weighted by Crippen LogP contribution is 2.39. The van der Waals surface area contributed by atoms with E-state index in [0.29, 0.717) is 37.7 Å². The van der Waals surface area contributed by atoms with Crippen LogP contribution in [0.1, 0.15) is 23.2 Å². The molecule has 186 valence electrons. The van der Waals surface area contributed by atoms with Crippen molar-refractivity contribution in [3.05, 3.63) is 47.1 Å². The Hall–Kier alpha value is -2.99. The predicted molar refractivity (Wildman–Crippen MR) is 123 cm³/mol. The molecule has 3 N–H and O–H groups in total. The summed E-state index contributed by atoms with van der Waals surface area (Å²) in [6, 6.07) is 1.85. The molecule has 3 fully saturated rings. The van der Waals surface area contributed by atoms with Crippen LogP contribution >= 0.6 is 0 Å². The fourth-order valence-corrected chi connectivity index (χ4v) is 5.66. The number of aliphatic hydroxyl groups excluding tert-OH is 1. The van der Waals surface area contributed by atoms with Crippen LogP contribution in [0, 0.1) is 11.8 Å². The van der Waals surface area contributed by atoms with E-state index >= 15 is 0 Å². The van der Waals surface area contributed by atoms with Gasteiger partial charge in [-0.25, -0.2) is 0 Å². The van der Waals surface area contributed by atoms with Crippen molar-refractivity contribution in [3.63, 3.8) is 0 Å². The number of morpholine rings is 1. The maximum Gasteiger partial charge on any atom is 0.253 e. The van der Waals surface area contributed by atoms with Gasteiger partial charge in [0.15, 0.2) is 11.9 Å². The zero-order valence-electron chi connectivity index (χ0n) is 19.5. The number of amides is 2. The minimum absolute atomic E-state index is 0.00301. The van der Waals surface area contributed by atoms with Gasteiger partial charge < -0.3 is 29.2 Å². The molecule has 1 aliphatic carbocycles. The largest absolute Gasteiger partial charge is 0.497 e. The number of hydrogen-bond donors (Lipinski definition) is 3. The van der Waals surface area contributed by atoms with Gasteiger partial charge in [0.25, 0.3) is 5.91 Å². The summed E-state index contributed by atoms with van der Waals surface area (Å²) in [6.45, 7) is 3.26. The van der Waals surface area contributed by atoms with E-state index in [0.717, 1.165) is 24.4 Å². The highest BCUT2D eigenvalue weighted by Gasteiger charge is 2.54. The van der Waals surface area contributed by atoms with Crippen LogP contribution in [0.25, 0.3) is 0 Å². The minimum atomic E-state index is -1.42. The average molecular weight is 484 g/mol. The normalized spacial score (nSPS) is 34.6. The molecule has 0 bridgehead atoms. The van der Waals surface area contributed by atoms with Gasteiger partial charge in [0.2, 0.25) is 5.91 Å². The summed E-state index contributed by atoms with van der Waals surface area (Å²) in [5, 5.41) is 15.8. The number of furan rings is 1. The van der Waals surface area contributed by atoms with Crippen LogP contribution in [0.4, 0.5) is 0 Å². The number of nitrogens with zero attached hydrogens (tertiary/aromatic N) is 3. The van der Waals surface area contributed by atoms with E-state index in [1.165, 1.54) is 0 Å². The molecule has 0 saturated carbocycles. The van der Waals surface area contributed by atoms with Crippen LogP contribution in [0.15, 0.2) is 39.5 Å². The number of methoxy groups -OCH3 is 1. The number of carbonyl (C=O) groups excluding carboxylic acids is 2. The molecule has 4 aliphatic heterocycles. The topological polar surface area (TPSA) is 129 Å². The third-order valence-corrected chi connectivity index (χ3v) is 7.50. The number of rotatable bonds is 5. The summed E-state index contributed by atoms with van der Waals surface area (Å²) in [7, 11) is 1.57. The molecule has 11 heteroatoms. The van der Waals surface area contributed by atoms with E-state index in [1.807, 2.05) is 30.5 Å². The molecule has 5 heterocycles. The summed E-state index contributed by atoms with van der Waals surface area (Å²) in [4.78, 5) is 35.2. The lowest BCUT2D eigenvalue weighted by atomic mass is 9.91. The van der Waals surface area contributed by atoms with Crippen molar-refractivity contribution in [1.29, 1.82) is 0 Å². The first kappa shape index (κ1) is 22.5. The summed E-state index contributed by atoms with van der Waals surface area (Å²) in [5.74, 6) is 0.880. The van der Waals surface area contributed by atoms with Gasteiger partial charge >= 0.3 is 0 Å². The van der Waals surface area contributed by atoms with Crippen molar-refractivity contribution in [2.75, 3.05) is 46.5 Å². The van der Waals surface area contributed by atoms with Crippen LogP contribution in [-0.2, 0) is 31.0 Å². The number of fused-ring (bicyclic) bond motifs is 2. The minimum Gasteiger partial charge on any atom is -0.497 e. The van der Waals surface area contributed by atoms with E-state index in [1.54, 1.807) is 12.0 Å². The van der Waals surface area contributed by atoms with Crippen molar-refractivity contribution in [3.8, 4) is 0 Å². The fourth-order valence-electron chi connectivity index (χ4n) is 5.66. The zero-order chi connectivity index (χ0) is 24.2. The maximum atomic E-state index is 13.3. The van der Waals surface area contributed by atoms with Gasteiger partial charge in [-0.15, -0.1) is 0 Å². The van der Waals surface area contributed by atoms with Crippen LogP contribution < -0.4 is 10.6 Å². The Morgan fingerprint density at radius 2 is 2.14 bits per heavy atom. The van der Waals surface area contributed by atoms with Crippen molar-refractivity contribution in [2.24, 2.45) is 16.8 Å². The molecule has 1 aromatic rings. The van der Waals surface area contributed by atoms with Gasteiger partial charge in [-0.1, -0.05) is 6.08 Å². The standard InChI is InChI=1S/C24H29N5O6/c1-33-15-3-2-14-12-29(21(30)16(14)10-15)13-24(22(31)26-23(32)27-24)19-11-17-18(35-19)4-5-25-20(17)28-6-8-34-9-7-28/h2-3,5,10-11,14,16,20,23,27,32H,4,6-9,12-13H2,1H3,(H,26,31). The van der Waals surface area contributed by atoms with Crippen molar-refractivity contribution in [2.45, 2.75) is 24.5 Å². The van der Waals surface area contributed by atoms with E-state index in [2.05, 4.69) is 15.5 Å². The van der Waals surface area contributed by atoms with E-state index < -0.39 is 17.8 Å². The van der Waals surface area contributed by atoms with Crippen LogP contribution in [0.2, 0.25) is 0 Å². The SMILES string of the molecule is COC1=CC2C(=O)N(CC3(c4cc5c(o4)CC=NC5N4CCOCC4)NC(O)NC3=O)CC2C=C1. The zero-order valence-corrected chi connectivity index (χ0v) is 19.5. The Balaban J connectivity index is 1.32. The molecule has 5 atom stereocenters. The molecule has 0 radical (unpaired) electrons. The first-order valence-electron chi connectivity index (χ1n) is 11.9. The third kappa shape index (κ3) is 3.70. The second-order valence-corrected chi connectivity index (χ2v) is 9.51. The molecule has 1 aromatic heterocycles. The Morgan fingerprint density at radius 1 is 1.31 bits per heavy atom. The van der Waals surface area contributed by atoms with E-state index in [4.69, 9.17) is 18.9 Å². The lowest BCUT2D eigenvalue weighted by Gasteiger charge is -2.33. The quantitative estimate of drug-likeness (QED) is 0.516. The van der Waals surface area contributed by atoms with Crippen molar-refractivity contribution < 1.29 is 28.6 Å². The fraction of sp³-hybridized carbons (Fsp3) is 0.542. The monoisotopic (exact) mass is 483 g/mol. The number of allylic oxidation sites excluding steroid dienone is 1. The molecule has 3 saturated heterocycles. The molecule has 35 heavy (non-hydrogen) atoms. The van der Waals surface area contributed by atoms with E-state index in [-0.39, 0.29) is 30.5 Å². The first-order valence-corrected chi connectivity index (χ1v) is 11.9. The average Bonchev–Trinajstić information content (AvgIpc) is 3.53. The molecule has 0 aromatic carbocycles. The second-order valence-electron chi connectivity index (χ2n) is 9.51. The van der Waals surface area contributed by atoms with Crippen molar-refractivity contribution in [1.82, 2.24) is 20.4 Å². The summed E-state index contributed by atoms with van der Waals surface area (Å²) in [6.07, 6.45) is 6.54. The van der Waals surface area contributed by atoms with Gasteiger partial charge in [-0.2, -0.15) is 0 Å². The Morgan fingerprint density at radius 3 is 2.89 bits per heavy atom. The number of carbonyl (C=O) groups is 2. The molecule has 6 rings (SSSR count). The molecular weight excluding hydrogens is 454 g/mol. The van der Waals surface area contributed by atoms with E-state index in [9.17, 15) is 14.7 Å². The predicted octanol–water partition coefficient (Wildman–Crippen LogP) is -0.397. The number of hydrogen-bond acceptors (Lipinski definition) is 9. The lowest BCUT2D eigenvalue weighted by molar-refractivity contribution is -0.133. The summed E-state index contributed by atoms with van der Waals surface area (Å²) in [5.41, 5.74) is -0.524. The summed E-state index contributed by atoms with van der Waals surface area (Å²) < 4.78 is 17.0. The van der Waals surface area contributed by atoms with Crippen LogP contribution in [0.5, 0.6) is 0 Å². The molecule has 0 spiro atoms. The van der Waals surface area contributed by atoms with Gasteiger partial charge in [0.05, 0.1) is 32.8 Å². The van der Waals surface area contributed by atoms with Crippen molar-refractivity contribution >= 4 is 18.0 Å². The molecule has 11 nitrogen and oxygen atoms in total. The number of nitrogens with one attached hydrogen (secondary N) is 2.